The molecule has 0 spiro atoms. The summed E-state index contributed by atoms with van der Waals surface area (Å²) >= 11 is 0. The lowest BCUT2D eigenvalue weighted by atomic mass is 9.89. The molecule has 0 fully saturated rings. The number of aromatic nitrogens is 1. The van der Waals surface area contributed by atoms with Gasteiger partial charge in [0, 0.05) is 16.5 Å². The maximum Gasteiger partial charge on any atom is 0.141 e. The third kappa shape index (κ3) is 4.18. The van der Waals surface area contributed by atoms with Crippen molar-refractivity contribution in [2.24, 2.45) is 0 Å². The molecule has 190 valence electrons. The first-order valence-corrected chi connectivity index (χ1v) is 13.3. The van der Waals surface area contributed by atoms with Crippen LogP contribution < -0.4 is 4.90 Å². The molecule has 0 saturated heterocycles. The van der Waals surface area contributed by atoms with Gasteiger partial charge < -0.3 is 0 Å². The monoisotopic (exact) mass is 516 g/mol. The van der Waals surface area contributed by atoms with Gasteiger partial charge in [0.1, 0.15) is 11.6 Å². The molecule has 0 amide bonds. The lowest BCUT2D eigenvalue weighted by Crippen LogP contribution is -2.13. The molecule has 3 heteroatoms. The van der Waals surface area contributed by atoms with E-state index < -0.39 is 0 Å². The Bertz CT molecular complexity index is 1890. The van der Waals surface area contributed by atoms with Crippen LogP contribution in [0.4, 0.5) is 21.6 Å². The number of hydrogen-bond acceptors (Lipinski definition) is 2. The molecule has 7 rings (SSSR count). The second-order valence-electron chi connectivity index (χ2n) is 9.77. The minimum absolute atomic E-state index is 0.361. The van der Waals surface area contributed by atoms with Gasteiger partial charge in [-0.15, -0.1) is 0 Å². The summed E-state index contributed by atoms with van der Waals surface area (Å²) in [7, 11) is 0. The number of nitrogens with zero attached hydrogens (tertiary/aromatic N) is 2. The third-order valence-electron chi connectivity index (χ3n) is 7.34. The molecule has 0 aliphatic heterocycles. The molecule has 2 nitrogen and oxygen atoms in total. The standard InChI is InChI=1S/C37H25FN2/c38-29-22-23-35(39-25-29)40(30-16-5-2-6-17-30)37-33-20-9-7-18-31(33)36(32-19-8-10-21-34(32)37)28-15-11-14-27(24-28)26-12-3-1-4-13-26/h1-25H. The van der Waals surface area contributed by atoms with Gasteiger partial charge in [0.05, 0.1) is 11.9 Å². The molecule has 0 unspecified atom stereocenters. The zero-order chi connectivity index (χ0) is 26.9. The van der Waals surface area contributed by atoms with E-state index in [9.17, 15) is 4.39 Å². The highest BCUT2D eigenvalue weighted by molar-refractivity contribution is 6.22. The number of pyridine rings is 1. The molecule has 0 radical (unpaired) electrons. The molecule has 0 aliphatic carbocycles. The average Bonchev–Trinajstić information content (AvgIpc) is 3.03. The van der Waals surface area contributed by atoms with Crippen LogP contribution in [0, 0.1) is 5.82 Å². The second kappa shape index (κ2) is 10.1. The summed E-state index contributed by atoms with van der Waals surface area (Å²) < 4.78 is 14.0. The Morgan fingerprint density at radius 1 is 0.475 bits per heavy atom. The van der Waals surface area contributed by atoms with Crippen molar-refractivity contribution in [1.29, 1.82) is 0 Å². The molecule has 0 aliphatic rings. The molecule has 1 heterocycles. The van der Waals surface area contributed by atoms with Gasteiger partial charge in [-0.3, -0.25) is 4.90 Å². The van der Waals surface area contributed by atoms with Crippen LogP contribution in [0.5, 0.6) is 0 Å². The van der Waals surface area contributed by atoms with Crippen molar-refractivity contribution in [3.8, 4) is 22.3 Å². The molecule has 0 saturated carbocycles. The number of para-hydroxylation sites is 1. The number of rotatable bonds is 5. The Balaban J connectivity index is 1.56. The summed E-state index contributed by atoms with van der Waals surface area (Å²) in [5, 5.41) is 4.47. The summed E-state index contributed by atoms with van der Waals surface area (Å²) in [6, 6.07) is 49.6. The van der Waals surface area contributed by atoms with E-state index in [1.54, 1.807) is 6.07 Å². The molecule has 0 bridgehead atoms. The smallest absolute Gasteiger partial charge is 0.141 e. The molecular weight excluding hydrogens is 491 g/mol. The van der Waals surface area contributed by atoms with Gasteiger partial charge in [-0.1, -0.05) is 115 Å². The lowest BCUT2D eigenvalue weighted by molar-refractivity contribution is 0.621. The van der Waals surface area contributed by atoms with E-state index in [-0.39, 0.29) is 5.82 Å². The highest BCUT2D eigenvalue weighted by Gasteiger charge is 2.22. The summed E-state index contributed by atoms with van der Waals surface area (Å²) in [4.78, 5) is 6.65. The third-order valence-corrected chi connectivity index (χ3v) is 7.34. The Labute approximate surface area is 232 Å². The SMILES string of the molecule is Fc1ccc(N(c2ccccc2)c2c3ccccc3c(-c3cccc(-c4ccccc4)c3)c3ccccc23)nc1. The van der Waals surface area contributed by atoms with Crippen molar-refractivity contribution in [3.05, 3.63) is 158 Å². The molecular formula is C37H25FN2. The lowest BCUT2D eigenvalue weighted by Gasteiger charge is -2.28. The van der Waals surface area contributed by atoms with Crippen molar-refractivity contribution in [3.63, 3.8) is 0 Å². The van der Waals surface area contributed by atoms with Crippen molar-refractivity contribution in [2.75, 3.05) is 4.90 Å². The van der Waals surface area contributed by atoms with E-state index in [4.69, 9.17) is 0 Å². The summed E-state index contributed by atoms with van der Waals surface area (Å²) in [5.74, 6) is 0.293. The van der Waals surface area contributed by atoms with Gasteiger partial charge in [-0.25, -0.2) is 9.37 Å². The van der Waals surface area contributed by atoms with Crippen molar-refractivity contribution < 1.29 is 4.39 Å². The fourth-order valence-electron chi connectivity index (χ4n) is 5.60. The van der Waals surface area contributed by atoms with E-state index in [2.05, 4.69) is 119 Å². The topological polar surface area (TPSA) is 16.1 Å². The highest BCUT2D eigenvalue weighted by Crippen LogP contribution is 2.47. The quantitative estimate of drug-likeness (QED) is 0.212. The zero-order valence-corrected chi connectivity index (χ0v) is 21.7. The number of hydrogen-bond donors (Lipinski definition) is 0. The van der Waals surface area contributed by atoms with E-state index in [0.29, 0.717) is 5.82 Å². The Hall–Kier alpha value is -5.28. The van der Waals surface area contributed by atoms with E-state index in [1.807, 2.05) is 24.3 Å². The Morgan fingerprint density at radius 3 is 1.65 bits per heavy atom. The summed E-state index contributed by atoms with van der Waals surface area (Å²) in [6.07, 6.45) is 1.28. The van der Waals surface area contributed by atoms with Gasteiger partial charge in [0.25, 0.3) is 0 Å². The first-order chi connectivity index (χ1) is 19.8. The second-order valence-corrected chi connectivity index (χ2v) is 9.77. The van der Waals surface area contributed by atoms with E-state index >= 15 is 0 Å². The average molecular weight is 517 g/mol. The van der Waals surface area contributed by atoms with Crippen LogP contribution in [-0.4, -0.2) is 4.98 Å². The van der Waals surface area contributed by atoms with Gasteiger partial charge in [-0.2, -0.15) is 0 Å². The van der Waals surface area contributed by atoms with Crippen molar-refractivity contribution in [1.82, 2.24) is 4.98 Å². The highest BCUT2D eigenvalue weighted by atomic mass is 19.1. The first kappa shape index (κ1) is 23.8. The Morgan fingerprint density at radius 2 is 1.02 bits per heavy atom. The summed E-state index contributed by atoms with van der Waals surface area (Å²) in [5.41, 5.74) is 6.68. The van der Waals surface area contributed by atoms with Gasteiger partial charge in [-0.05, 0) is 63.4 Å². The Kier molecular flexibility index (Phi) is 6.02. The molecule has 0 N–H and O–H groups in total. The molecule has 40 heavy (non-hydrogen) atoms. The minimum atomic E-state index is -0.361. The van der Waals surface area contributed by atoms with Crippen LogP contribution >= 0.6 is 0 Å². The largest absolute Gasteiger partial charge is 0.294 e. The maximum atomic E-state index is 14.0. The molecule has 6 aromatic carbocycles. The number of anilines is 3. The maximum absolute atomic E-state index is 14.0. The molecule has 0 atom stereocenters. The van der Waals surface area contributed by atoms with Crippen LogP contribution in [0.2, 0.25) is 0 Å². The predicted octanol–water partition coefficient (Wildman–Crippen LogP) is 10.3. The van der Waals surface area contributed by atoms with E-state index in [1.165, 1.54) is 29.0 Å². The van der Waals surface area contributed by atoms with Crippen LogP contribution in [0.3, 0.4) is 0 Å². The fourth-order valence-corrected chi connectivity index (χ4v) is 5.60. The van der Waals surface area contributed by atoms with Crippen LogP contribution in [-0.2, 0) is 0 Å². The summed E-state index contributed by atoms with van der Waals surface area (Å²) in [6.45, 7) is 0. The minimum Gasteiger partial charge on any atom is -0.294 e. The van der Waals surface area contributed by atoms with Gasteiger partial charge in [0.2, 0.25) is 0 Å². The van der Waals surface area contributed by atoms with E-state index in [0.717, 1.165) is 38.5 Å². The zero-order valence-electron chi connectivity index (χ0n) is 21.7. The fraction of sp³-hybridized carbons (Fsp3) is 0. The van der Waals surface area contributed by atoms with Crippen molar-refractivity contribution >= 4 is 38.7 Å². The van der Waals surface area contributed by atoms with Gasteiger partial charge in [0.15, 0.2) is 0 Å². The van der Waals surface area contributed by atoms with Gasteiger partial charge >= 0.3 is 0 Å². The van der Waals surface area contributed by atoms with Crippen LogP contribution in [0.15, 0.2) is 152 Å². The number of benzene rings is 6. The number of halogens is 1. The first-order valence-electron chi connectivity index (χ1n) is 13.3. The van der Waals surface area contributed by atoms with Crippen LogP contribution in [0.25, 0.3) is 43.8 Å². The number of fused-ring (bicyclic) bond motifs is 2. The normalized spacial score (nSPS) is 11.1. The van der Waals surface area contributed by atoms with Crippen LogP contribution in [0.1, 0.15) is 0 Å². The predicted molar refractivity (Wildman–Crippen MR) is 165 cm³/mol. The molecule has 1 aromatic heterocycles. The van der Waals surface area contributed by atoms with Crippen molar-refractivity contribution in [2.45, 2.75) is 0 Å². The molecule has 7 aromatic rings.